The van der Waals surface area contributed by atoms with E-state index in [0.717, 1.165) is 24.7 Å². The summed E-state index contributed by atoms with van der Waals surface area (Å²) in [4.78, 5) is 11.2. The monoisotopic (exact) mass is 154 g/mol. The van der Waals surface area contributed by atoms with Gasteiger partial charge in [0, 0.05) is 0 Å². The van der Waals surface area contributed by atoms with E-state index in [0.29, 0.717) is 6.61 Å². The molecule has 0 radical (unpaired) electrons. The molecule has 0 spiro atoms. The molecule has 0 N–H and O–H groups in total. The molecular weight excluding hydrogens is 140 g/mol. The van der Waals surface area contributed by atoms with Crippen molar-refractivity contribution in [3.8, 4) is 0 Å². The van der Waals surface area contributed by atoms with Crippen molar-refractivity contribution in [1.82, 2.24) is 0 Å². The lowest BCUT2D eigenvalue weighted by Gasteiger charge is -2.09. The van der Waals surface area contributed by atoms with Gasteiger partial charge in [-0.3, -0.25) is 4.79 Å². The summed E-state index contributed by atoms with van der Waals surface area (Å²) in [6.07, 6.45) is 3.57. The van der Waals surface area contributed by atoms with Crippen LogP contribution >= 0.6 is 0 Å². The Morgan fingerprint density at radius 1 is 1.36 bits per heavy atom. The summed E-state index contributed by atoms with van der Waals surface area (Å²) in [6, 6.07) is 0. The lowest BCUT2D eigenvalue weighted by atomic mass is 10.0. The normalized spacial score (nSPS) is 35.0. The van der Waals surface area contributed by atoms with Crippen LogP contribution in [0.15, 0.2) is 0 Å². The smallest absolute Gasteiger partial charge is 0.308 e. The van der Waals surface area contributed by atoms with Crippen LogP contribution in [0.5, 0.6) is 0 Å². The number of hydrogen-bond donors (Lipinski definition) is 0. The molecule has 11 heavy (non-hydrogen) atoms. The van der Waals surface area contributed by atoms with Crippen LogP contribution in [-0.4, -0.2) is 12.6 Å². The molecule has 0 aromatic rings. The summed E-state index contributed by atoms with van der Waals surface area (Å²) in [5.74, 6) is 2.05. The van der Waals surface area contributed by atoms with Gasteiger partial charge in [0.2, 0.25) is 0 Å². The number of rotatable bonds is 2. The molecule has 2 rings (SSSR count). The zero-order valence-corrected chi connectivity index (χ0v) is 6.88. The van der Waals surface area contributed by atoms with Crippen LogP contribution in [0.1, 0.15) is 26.2 Å². The molecule has 0 aliphatic heterocycles. The maximum Gasteiger partial charge on any atom is 0.308 e. The van der Waals surface area contributed by atoms with Gasteiger partial charge >= 0.3 is 5.97 Å². The fourth-order valence-corrected chi connectivity index (χ4v) is 2.17. The van der Waals surface area contributed by atoms with Crippen molar-refractivity contribution in [3.63, 3.8) is 0 Å². The van der Waals surface area contributed by atoms with E-state index in [1.807, 2.05) is 6.92 Å². The highest BCUT2D eigenvalue weighted by Crippen LogP contribution is 2.54. The van der Waals surface area contributed by atoms with E-state index in [2.05, 4.69) is 0 Å². The Labute approximate surface area is 66.9 Å². The van der Waals surface area contributed by atoms with E-state index >= 15 is 0 Å². The molecule has 0 bridgehead atoms. The van der Waals surface area contributed by atoms with E-state index in [4.69, 9.17) is 4.74 Å². The summed E-state index contributed by atoms with van der Waals surface area (Å²) in [5.41, 5.74) is 0. The Balaban J connectivity index is 1.82. The minimum atomic E-state index is 0.0414. The highest BCUT2D eigenvalue weighted by Gasteiger charge is 2.48. The molecular formula is C9H14O2. The Kier molecular flexibility index (Phi) is 1.63. The van der Waals surface area contributed by atoms with E-state index in [1.165, 1.54) is 6.42 Å². The van der Waals surface area contributed by atoms with Crippen LogP contribution in [0.25, 0.3) is 0 Å². The third kappa shape index (κ3) is 1.26. The second kappa shape index (κ2) is 2.50. The van der Waals surface area contributed by atoms with Crippen molar-refractivity contribution >= 4 is 5.97 Å². The summed E-state index contributed by atoms with van der Waals surface area (Å²) in [6.45, 7) is 2.40. The topological polar surface area (TPSA) is 26.3 Å². The first-order chi connectivity index (χ1) is 5.31. The predicted octanol–water partition coefficient (Wildman–Crippen LogP) is 1.60. The number of fused-ring (bicyclic) bond motifs is 1. The third-order valence-corrected chi connectivity index (χ3v) is 2.86. The molecule has 62 valence electrons. The molecule has 2 fully saturated rings. The standard InChI is InChI=1S/C9H14O2/c1-2-11-9(10)8-4-6-3-7(6)5-8/h6-8H,2-5H2,1H3/t6-,7-/m1/s1. The van der Waals surface area contributed by atoms with E-state index in [1.54, 1.807) is 0 Å². The van der Waals surface area contributed by atoms with Gasteiger partial charge < -0.3 is 4.74 Å². The second-order valence-corrected chi connectivity index (χ2v) is 3.68. The van der Waals surface area contributed by atoms with Crippen molar-refractivity contribution in [2.45, 2.75) is 26.2 Å². The van der Waals surface area contributed by atoms with Gasteiger partial charge in [-0.2, -0.15) is 0 Å². The summed E-state index contributed by atoms with van der Waals surface area (Å²) >= 11 is 0. The first kappa shape index (κ1) is 7.14. The van der Waals surface area contributed by atoms with Gasteiger partial charge in [-0.25, -0.2) is 0 Å². The molecule has 2 heteroatoms. The molecule has 0 amide bonds. The van der Waals surface area contributed by atoms with Gasteiger partial charge in [-0.05, 0) is 38.0 Å². The SMILES string of the molecule is CCOC(=O)C1C[C@H]2C[C@@H]2C1. The largest absolute Gasteiger partial charge is 0.466 e. The molecule has 0 aromatic carbocycles. The molecule has 0 unspecified atom stereocenters. The van der Waals surface area contributed by atoms with Gasteiger partial charge in [0.1, 0.15) is 0 Å². The molecule has 2 aliphatic carbocycles. The first-order valence-corrected chi connectivity index (χ1v) is 4.48. The van der Waals surface area contributed by atoms with E-state index in [9.17, 15) is 4.79 Å². The van der Waals surface area contributed by atoms with Crippen LogP contribution in [0, 0.1) is 17.8 Å². The van der Waals surface area contributed by atoms with Crippen molar-refractivity contribution in [3.05, 3.63) is 0 Å². The summed E-state index contributed by atoms with van der Waals surface area (Å²) in [7, 11) is 0. The summed E-state index contributed by atoms with van der Waals surface area (Å²) in [5, 5.41) is 0. The average Bonchev–Trinajstić information content (AvgIpc) is 2.59. The molecule has 0 heterocycles. The lowest BCUT2D eigenvalue weighted by molar-refractivity contribution is -0.148. The minimum Gasteiger partial charge on any atom is -0.466 e. The third-order valence-electron chi connectivity index (χ3n) is 2.86. The van der Waals surface area contributed by atoms with Crippen molar-refractivity contribution in [2.24, 2.45) is 17.8 Å². The second-order valence-electron chi connectivity index (χ2n) is 3.68. The fraction of sp³-hybridized carbons (Fsp3) is 0.889. The fourth-order valence-electron chi connectivity index (χ4n) is 2.17. The van der Waals surface area contributed by atoms with Gasteiger partial charge in [-0.1, -0.05) is 0 Å². The zero-order chi connectivity index (χ0) is 7.84. The Hall–Kier alpha value is -0.530. The number of hydrogen-bond acceptors (Lipinski definition) is 2. The number of esters is 1. The van der Waals surface area contributed by atoms with E-state index < -0.39 is 0 Å². The molecule has 0 aromatic heterocycles. The van der Waals surface area contributed by atoms with Crippen molar-refractivity contribution in [2.75, 3.05) is 6.61 Å². The van der Waals surface area contributed by atoms with Crippen LogP contribution < -0.4 is 0 Å². The molecule has 0 saturated heterocycles. The van der Waals surface area contributed by atoms with Crippen LogP contribution in [-0.2, 0) is 9.53 Å². The molecule has 2 aliphatic rings. The number of carbonyl (C=O) groups excluding carboxylic acids is 1. The highest BCUT2D eigenvalue weighted by atomic mass is 16.5. The first-order valence-electron chi connectivity index (χ1n) is 4.48. The quantitative estimate of drug-likeness (QED) is 0.565. The van der Waals surface area contributed by atoms with Crippen molar-refractivity contribution < 1.29 is 9.53 Å². The number of ether oxygens (including phenoxy) is 1. The van der Waals surface area contributed by atoms with Gasteiger partial charge in [-0.15, -0.1) is 0 Å². The Morgan fingerprint density at radius 2 is 2.00 bits per heavy atom. The van der Waals surface area contributed by atoms with Gasteiger partial charge in [0.25, 0.3) is 0 Å². The maximum absolute atomic E-state index is 11.2. The average molecular weight is 154 g/mol. The van der Waals surface area contributed by atoms with Crippen molar-refractivity contribution in [1.29, 1.82) is 0 Å². The number of carbonyl (C=O) groups is 1. The zero-order valence-electron chi connectivity index (χ0n) is 6.88. The van der Waals surface area contributed by atoms with Crippen LogP contribution in [0.2, 0.25) is 0 Å². The van der Waals surface area contributed by atoms with Gasteiger partial charge in [0.15, 0.2) is 0 Å². The van der Waals surface area contributed by atoms with Gasteiger partial charge in [0.05, 0.1) is 12.5 Å². The maximum atomic E-state index is 11.2. The van der Waals surface area contributed by atoms with Crippen LogP contribution in [0.4, 0.5) is 0 Å². The molecule has 2 nitrogen and oxygen atoms in total. The predicted molar refractivity (Wildman–Crippen MR) is 41.0 cm³/mol. The molecule has 2 atom stereocenters. The Morgan fingerprint density at radius 3 is 2.55 bits per heavy atom. The lowest BCUT2D eigenvalue weighted by Crippen LogP contribution is -2.15. The van der Waals surface area contributed by atoms with Crippen LogP contribution in [0.3, 0.4) is 0 Å². The van der Waals surface area contributed by atoms with E-state index in [-0.39, 0.29) is 11.9 Å². The summed E-state index contributed by atoms with van der Waals surface area (Å²) < 4.78 is 4.96. The Bertz CT molecular complexity index is 166. The molecule has 2 saturated carbocycles. The minimum absolute atomic E-state index is 0.0414. The highest BCUT2D eigenvalue weighted by molar-refractivity contribution is 5.73.